The van der Waals surface area contributed by atoms with Crippen LogP contribution in [0.2, 0.25) is 0 Å². The fourth-order valence-corrected chi connectivity index (χ4v) is 3.14. The number of benzene rings is 2. The van der Waals surface area contributed by atoms with Gasteiger partial charge in [-0.05, 0) is 42.8 Å². The molecule has 0 aliphatic carbocycles. The lowest BCUT2D eigenvalue weighted by molar-refractivity contribution is 0.102. The lowest BCUT2D eigenvalue weighted by atomic mass is 10.2. The highest BCUT2D eigenvalue weighted by atomic mass is 32.1. The monoisotopic (exact) mass is 368 g/mol. The Morgan fingerprint density at radius 2 is 1.92 bits per heavy atom. The molecule has 1 amide bonds. The SMILES string of the molecule is CCCOc1ccccc1NC(=O)c1csc(-c2ccc(OC)cc2)n1. The molecular weight excluding hydrogens is 348 g/mol. The Bertz CT molecular complexity index is 875. The molecule has 3 rings (SSSR count). The molecule has 0 saturated heterocycles. The summed E-state index contributed by atoms with van der Waals surface area (Å²) in [5.41, 5.74) is 1.97. The molecule has 0 atom stereocenters. The van der Waals surface area contributed by atoms with Crippen LogP contribution in [0.25, 0.3) is 10.6 Å². The van der Waals surface area contributed by atoms with Crippen molar-refractivity contribution in [3.63, 3.8) is 0 Å². The number of amides is 1. The third kappa shape index (κ3) is 4.21. The fraction of sp³-hybridized carbons (Fsp3) is 0.200. The maximum absolute atomic E-state index is 12.5. The fourth-order valence-electron chi connectivity index (χ4n) is 2.34. The highest BCUT2D eigenvalue weighted by molar-refractivity contribution is 7.13. The van der Waals surface area contributed by atoms with E-state index in [0.717, 1.165) is 22.7 Å². The Morgan fingerprint density at radius 1 is 1.15 bits per heavy atom. The molecule has 0 bridgehead atoms. The van der Waals surface area contributed by atoms with Crippen molar-refractivity contribution in [3.05, 3.63) is 59.6 Å². The van der Waals surface area contributed by atoms with Crippen molar-refractivity contribution >= 4 is 22.9 Å². The Hall–Kier alpha value is -2.86. The molecule has 1 N–H and O–H groups in total. The molecular formula is C20H20N2O3S. The molecule has 0 fully saturated rings. The number of hydrogen-bond donors (Lipinski definition) is 1. The zero-order chi connectivity index (χ0) is 18.4. The number of aromatic nitrogens is 1. The number of thiazole rings is 1. The van der Waals surface area contributed by atoms with Crippen LogP contribution in [0.5, 0.6) is 11.5 Å². The second kappa shape index (κ2) is 8.49. The first-order chi connectivity index (χ1) is 12.7. The third-order valence-corrected chi connectivity index (χ3v) is 4.56. The lowest BCUT2D eigenvalue weighted by Gasteiger charge is -2.11. The quantitative estimate of drug-likeness (QED) is 0.647. The molecule has 2 aromatic carbocycles. The summed E-state index contributed by atoms with van der Waals surface area (Å²) in [5.74, 6) is 1.19. The maximum Gasteiger partial charge on any atom is 0.275 e. The molecule has 0 radical (unpaired) electrons. The van der Waals surface area contributed by atoms with Crippen LogP contribution in [-0.4, -0.2) is 24.6 Å². The summed E-state index contributed by atoms with van der Waals surface area (Å²) in [6, 6.07) is 15.0. The number of rotatable bonds is 7. The number of carbonyl (C=O) groups is 1. The molecule has 0 unspecified atom stereocenters. The van der Waals surface area contributed by atoms with Crippen LogP contribution in [0, 0.1) is 0 Å². The van der Waals surface area contributed by atoms with Crippen molar-refractivity contribution in [2.24, 2.45) is 0 Å². The smallest absolute Gasteiger partial charge is 0.275 e. The maximum atomic E-state index is 12.5. The second-order valence-corrected chi connectivity index (χ2v) is 6.42. The van der Waals surface area contributed by atoms with Crippen LogP contribution in [0.3, 0.4) is 0 Å². The number of nitrogens with one attached hydrogen (secondary N) is 1. The predicted octanol–water partition coefficient (Wildman–Crippen LogP) is 4.86. The van der Waals surface area contributed by atoms with Gasteiger partial charge in [-0.25, -0.2) is 4.98 Å². The second-order valence-electron chi connectivity index (χ2n) is 5.57. The average Bonchev–Trinajstić information content (AvgIpc) is 3.18. The number of carbonyl (C=O) groups excluding carboxylic acids is 1. The van der Waals surface area contributed by atoms with Gasteiger partial charge in [0.15, 0.2) is 0 Å². The number of hydrogen-bond acceptors (Lipinski definition) is 5. The van der Waals surface area contributed by atoms with Crippen molar-refractivity contribution in [1.29, 1.82) is 0 Å². The van der Waals surface area contributed by atoms with Crippen LogP contribution in [0.15, 0.2) is 53.9 Å². The van der Waals surface area contributed by atoms with Gasteiger partial charge in [0.1, 0.15) is 22.2 Å². The van der Waals surface area contributed by atoms with Crippen molar-refractivity contribution in [1.82, 2.24) is 4.98 Å². The zero-order valence-corrected chi connectivity index (χ0v) is 15.5. The molecule has 6 heteroatoms. The largest absolute Gasteiger partial charge is 0.497 e. The van der Waals surface area contributed by atoms with Gasteiger partial charge in [-0.2, -0.15) is 0 Å². The highest BCUT2D eigenvalue weighted by Gasteiger charge is 2.14. The van der Waals surface area contributed by atoms with E-state index in [2.05, 4.69) is 10.3 Å². The summed E-state index contributed by atoms with van der Waals surface area (Å²) in [5, 5.41) is 5.42. The number of ether oxygens (including phenoxy) is 2. The van der Waals surface area contributed by atoms with Gasteiger partial charge in [0.2, 0.25) is 0 Å². The summed E-state index contributed by atoms with van der Waals surface area (Å²) in [7, 11) is 1.63. The Kier molecular flexibility index (Phi) is 5.86. The Morgan fingerprint density at radius 3 is 2.65 bits per heavy atom. The van der Waals surface area contributed by atoms with E-state index in [9.17, 15) is 4.79 Å². The third-order valence-electron chi connectivity index (χ3n) is 3.67. The van der Waals surface area contributed by atoms with E-state index in [1.165, 1.54) is 11.3 Å². The molecule has 1 aromatic heterocycles. The minimum absolute atomic E-state index is 0.256. The van der Waals surface area contributed by atoms with E-state index < -0.39 is 0 Å². The average molecular weight is 368 g/mol. The molecule has 26 heavy (non-hydrogen) atoms. The highest BCUT2D eigenvalue weighted by Crippen LogP contribution is 2.27. The van der Waals surface area contributed by atoms with Crippen molar-refractivity contribution < 1.29 is 14.3 Å². The number of methoxy groups -OCH3 is 1. The van der Waals surface area contributed by atoms with E-state index in [-0.39, 0.29) is 5.91 Å². The van der Waals surface area contributed by atoms with Gasteiger partial charge in [-0.15, -0.1) is 11.3 Å². The van der Waals surface area contributed by atoms with E-state index >= 15 is 0 Å². The molecule has 1 heterocycles. The molecule has 5 nitrogen and oxygen atoms in total. The standard InChI is InChI=1S/C20H20N2O3S/c1-3-12-25-18-7-5-4-6-16(18)21-19(23)17-13-26-20(22-17)14-8-10-15(24-2)11-9-14/h4-11,13H,3,12H2,1-2H3,(H,21,23). The lowest BCUT2D eigenvalue weighted by Crippen LogP contribution is -2.13. The summed E-state index contributed by atoms with van der Waals surface area (Å²) >= 11 is 1.43. The number of nitrogens with zero attached hydrogens (tertiary/aromatic N) is 1. The van der Waals surface area contributed by atoms with Crippen LogP contribution < -0.4 is 14.8 Å². The van der Waals surface area contributed by atoms with Gasteiger partial charge in [-0.3, -0.25) is 4.79 Å². The Labute approximate surface area is 156 Å². The summed E-state index contributed by atoms with van der Waals surface area (Å²) < 4.78 is 10.8. The normalized spacial score (nSPS) is 10.4. The summed E-state index contributed by atoms with van der Waals surface area (Å²) in [6.45, 7) is 2.64. The van der Waals surface area contributed by atoms with Crippen LogP contribution in [0.1, 0.15) is 23.8 Å². The predicted molar refractivity (Wildman–Crippen MR) is 104 cm³/mol. The first-order valence-electron chi connectivity index (χ1n) is 8.34. The van der Waals surface area contributed by atoms with Gasteiger partial charge < -0.3 is 14.8 Å². The van der Waals surface area contributed by atoms with Gasteiger partial charge in [0.25, 0.3) is 5.91 Å². The van der Waals surface area contributed by atoms with Gasteiger partial charge in [0.05, 0.1) is 19.4 Å². The van der Waals surface area contributed by atoms with Crippen molar-refractivity contribution in [3.8, 4) is 22.1 Å². The van der Waals surface area contributed by atoms with E-state index in [4.69, 9.17) is 9.47 Å². The number of anilines is 1. The summed E-state index contributed by atoms with van der Waals surface area (Å²) in [6.07, 6.45) is 0.902. The van der Waals surface area contributed by atoms with Crippen LogP contribution in [-0.2, 0) is 0 Å². The molecule has 3 aromatic rings. The molecule has 134 valence electrons. The molecule has 0 aliphatic heterocycles. The first kappa shape index (κ1) is 17.9. The number of para-hydroxylation sites is 2. The van der Waals surface area contributed by atoms with Gasteiger partial charge in [-0.1, -0.05) is 19.1 Å². The van der Waals surface area contributed by atoms with E-state index in [0.29, 0.717) is 23.7 Å². The van der Waals surface area contributed by atoms with Gasteiger partial charge >= 0.3 is 0 Å². The van der Waals surface area contributed by atoms with E-state index in [1.807, 2.05) is 55.5 Å². The minimum Gasteiger partial charge on any atom is -0.497 e. The van der Waals surface area contributed by atoms with Crippen molar-refractivity contribution in [2.45, 2.75) is 13.3 Å². The topological polar surface area (TPSA) is 60.5 Å². The van der Waals surface area contributed by atoms with Crippen molar-refractivity contribution in [2.75, 3.05) is 19.0 Å². The van der Waals surface area contributed by atoms with Gasteiger partial charge in [0, 0.05) is 10.9 Å². The minimum atomic E-state index is -0.256. The molecule has 0 spiro atoms. The molecule has 0 saturated carbocycles. The summed E-state index contributed by atoms with van der Waals surface area (Å²) in [4.78, 5) is 17.0. The zero-order valence-electron chi connectivity index (χ0n) is 14.7. The molecule has 0 aliphatic rings. The van der Waals surface area contributed by atoms with Crippen LogP contribution >= 0.6 is 11.3 Å². The Balaban J connectivity index is 1.74. The van der Waals surface area contributed by atoms with Crippen LogP contribution in [0.4, 0.5) is 5.69 Å². The first-order valence-corrected chi connectivity index (χ1v) is 9.22. The van der Waals surface area contributed by atoms with E-state index in [1.54, 1.807) is 12.5 Å².